The molecule has 27 heavy (non-hydrogen) atoms. The van der Waals surface area contributed by atoms with Gasteiger partial charge in [-0.2, -0.15) is 0 Å². The molecule has 0 saturated carbocycles. The topological polar surface area (TPSA) is 283 Å². The molecule has 0 aliphatic heterocycles. The van der Waals surface area contributed by atoms with Crippen molar-refractivity contribution in [3.63, 3.8) is 0 Å². The van der Waals surface area contributed by atoms with E-state index < -0.39 is 53.7 Å². The summed E-state index contributed by atoms with van der Waals surface area (Å²) >= 11 is 0. The van der Waals surface area contributed by atoms with Crippen molar-refractivity contribution in [3.8, 4) is 0 Å². The third kappa shape index (κ3) is 5.32. The van der Waals surface area contributed by atoms with Crippen molar-refractivity contribution in [2.75, 3.05) is 0 Å². The third-order valence-electron chi connectivity index (χ3n) is 3.13. The summed E-state index contributed by atoms with van der Waals surface area (Å²) in [6.45, 7) is 0.319. The van der Waals surface area contributed by atoms with E-state index in [0.29, 0.717) is 6.92 Å². The van der Waals surface area contributed by atoms with Gasteiger partial charge < -0.3 is 39.1 Å². The van der Waals surface area contributed by atoms with E-state index in [0.717, 1.165) is 0 Å². The summed E-state index contributed by atoms with van der Waals surface area (Å²) in [4.78, 5) is 84.7. The van der Waals surface area contributed by atoms with Crippen LogP contribution in [0.15, 0.2) is 0 Å². The third-order valence-corrected chi connectivity index (χ3v) is 13.5. The van der Waals surface area contributed by atoms with Gasteiger partial charge in [-0.25, -0.2) is 0 Å². The second-order valence-electron chi connectivity index (χ2n) is 5.24. The van der Waals surface area contributed by atoms with E-state index in [9.17, 15) is 27.6 Å². The van der Waals surface area contributed by atoms with Gasteiger partial charge in [0.2, 0.25) is 5.52 Å². The van der Waals surface area contributed by atoms with E-state index in [-0.39, 0.29) is 13.8 Å². The summed E-state index contributed by atoms with van der Waals surface area (Å²) in [7, 11) is -30.3. The SMILES string of the molecule is CC(=O)P(=O)(OC(C)(P(=O)(O)O)P(=O)(O)O)OC(C)(P(=O)(O)O)P(=O)(O)O. The van der Waals surface area contributed by atoms with Crippen LogP contribution in [0.2, 0.25) is 0 Å². The summed E-state index contributed by atoms with van der Waals surface area (Å²) < 4.78 is 66.5. The van der Waals surface area contributed by atoms with E-state index in [2.05, 4.69) is 9.05 Å². The Hall–Kier alpha value is 0.420. The van der Waals surface area contributed by atoms with Crippen LogP contribution < -0.4 is 0 Å². The van der Waals surface area contributed by atoms with Crippen LogP contribution >= 0.6 is 38.0 Å². The Labute approximate surface area is 151 Å². The van der Waals surface area contributed by atoms with Crippen LogP contribution in [-0.2, 0) is 36.7 Å². The molecule has 16 nitrogen and oxygen atoms in total. The van der Waals surface area contributed by atoms with Crippen LogP contribution in [0.3, 0.4) is 0 Å². The summed E-state index contributed by atoms with van der Waals surface area (Å²) in [6, 6.07) is 0. The molecule has 0 amide bonds. The highest BCUT2D eigenvalue weighted by Gasteiger charge is 2.67. The molecule has 162 valence electrons. The van der Waals surface area contributed by atoms with Gasteiger partial charge >= 0.3 is 38.0 Å². The zero-order chi connectivity index (χ0) is 22.5. The van der Waals surface area contributed by atoms with Crippen molar-refractivity contribution in [1.82, 2.24) is 0 Å². The summed E-state index contributed by atoms with van der Waals surface area (Å²) in [5.41, 5.74) is -1.93. The van der Waals surface area contributed by atoms with Crippen LogP contribution in [0, 0.1) is 0 Å². The van der Waals surface area contributed by atoms with Gasteiger partial charge in [-0.3, -0.25) is 36.7 Å². The fourth-order valence-electron chi connectivity index (χ4n) is 1.15. The lowest BCUT2D eigenvalue weighted by atomic mass is 10.8. The van der Waals surface area contributed by atoms with Gasteiger partial charge in [-0.15, -0.1) is 0 Å². The first-order valence-electron chi connectivity index (χ1n) is 6.11. The Bertz CT molecular complexity index is 729. The van der Waals surface area contributed by atoms with Crippen LogP contribution in [0.4, 0.5) is 0 Å². The van der Waals surface area contributed by atoms with Crippen LogP contribution in [0.1, 0.15) is 20.8 Å². The van der Waals surface area contributed by atoms with Crippen LogP contribution in [0.5, 0.6) is 0 Å². The lowest BCUT2D eigenvalue weighted by molar-refractivity contribution is -0.112. The molecule has 0 aliphatic carbocycles. The Kier molecular flexibility index (Phi) is 7.71. The van der Waals surface area contributed by atoms with Gasteiger partial charge in [0, 0.05) is 6.92 Å². The average molecular weight is 500 g/mol. The highest BCUT2D eigenvalue weighted by atomic mass is 31.2. The Morgan fingerprint density at radius 2 is 0.815 bits per heavy atom. The molecule has 0 heterocycles. The molecule has 0 atom stereocenters. The molecule has 0 saturated heterocycles. The first-order valence-corrected chi connectivity index (χ1v) is 14.1. The second kappa shape index (κ2) is 7.59. The number of carbonyl (C=O) groups is 1. The molecular formula is C6H17O16P5. The molecule has 0 unspecified atom stereocenters. The maximum absolute atomic E-state index is 12.6. The molecular weight excluding hydrogens is 483 g/mol. The standard InChI is InChI=1S/C6H17O16P5/c1-4(7)23(8,21-5(2,24(9,10)11)25(12,13)14)22-6(3,26(15,16)17)27(18,19)20/h1-3H3,(H2,9,10,11)(H2,12,13,14)(H2,15,16,17)(H2,18,19,20). The largest absolute Gasteiger partial charge is 0.399 e. The molecule has 0 aliphatic rings. The first-order chi connectivity index (χ1) is 11.4. The Balaban J connectivity index is 6.72. The van der Waals surface area contributed by atoms with Gasteiger partial charge in [-0.05, 0) is 13.8 Å². The van der Waals surface area contributed by atoms with E-state index in [1.165, 1.54) is 0 Å². The quantitative estimate of drug-likeness (QED) is 0.190. The van der Waals surface area contributed by atoms with Gasteiger partial charge in [0.25, 0.3) is 10.2 Å². The van der Waals surface area contributed by atoms with Crippen molar-refractivity contribution < 1.29 is 75.8 Å². The highest BCUT2D eigenvalue weighted by Crippen LogP contribution is 2.79. The predicted octanol–water partition coefficient (Wildman–Crippen LogP) is -0.183. The fraction of sp³-hybridized carbons (Fsp3) is 0.833. The molecule has 0 aromatic carbocycles. The average Bonchev–Trinajstić information content (AvgIpc) is 2.32. The maximum atomic E-state index is 12.6. The van der Waals surface area contributed by atoms with Crippen molar-refractivity contribution in [3.05, 3.63) is 0 Å². The molecule has 8 N–H and O–H groups in total. The van der Waals surface area contributed by atoms with Crippen molar-refractivity contribution >= 4 is 43.5 Å². The molecule has 0 aromatic heterocycles. The monoisotopic (exact) mass is 500 g/mol. The highest BCUT2D eigenvalue weighted by molar-refractivity contribution is 7.78. The lowest BCUT2D eigenvalue weighted by Crippen LogP contribution is -2.33. The van der Waals surface area contributed by atoms with Gasteiger partial charge in [0.15, 0.2) is 0 Å². The molecule has 0 spiro atoms. The van der Waals surface area contributed by atoms with E-state index in [1.807, 2.05) is 0 Å². The van der Waals surface area contributed by atoms with Crippen LogP contribution in [0.25, 0.3) is 0 Å². The molecule has 0 fully saturated rings. The van der Waals surface area contributed by atoms with E-state index in [1.54, 1.807) is 0 Å². The fourth-order valence-corrected chi connectivity index (χ4v) is 8.07. The Morgan fingerprint density at radius 3 is 0.926 bits per heavy atom. The molecule has 0 bridgehead atoms. The van der Waals surface area contributed by atoms with Gasteiger partial charge in [0.05, 0.1) is 0 Å². The Morgan fingerprint density at radius 1 is 0.630 bits per heavy atom. The number of carbonyl (C=O) groups excluding carboxylic acids is 1. The molecule has 21 heteroatoms. The first kappa shape index (κ1) is 27.4. The summed E-state index contributed by atoms with van der Waals surface area (Å²) in [6.07, 6.45) is 0. The summed E-state index contributed by atoms with van der Waals surface area (Å²) in [5.74, 6) is 0. The molecule has 0 radical (unpaired) electrons. The second-order valence-corrected chi connectivity index (χ2v) is 15.7. The van der Waals surface area contributed by atoms with Gasteiger partial charge in [0.1, 0.15) is 0 Å². The van der Waals surface area contributed by atoms with Crippen LogP contribution in [-0.4, -0.2) is 54.8 Å². The zero-order valence-corrected chi connectivity index (χ0v) is 18.1. The van der Waals surface area contributed by atoms with Gasteiger partial charge in [-0.1, -0.05) is 0 Å². The van der Waals surface area contributed by atoms with Crippen molar-refractivity contribution in [1.29, 1.82) is 0 Å². The number of rotatable bonds is 9. The normalized spacial score (nSPS) is 15.7. The van der Waals surface area contributed by atoms with E-state index in [4.69, 9.17) is 39.1 Å². The number of hydrogen-bond acceptors (Lipinski definition) is 8. The smallest absolute Gasteiger partial charge is 0.322 e. The lowest BCUT2D eigenvalue weighted by Gasteiger charge is -2.37. The zero-order valence-electron chi connectivity index (χ0n) is 13.6. The van der Waals surface area contributed by atoms with E-state index >= 15 is 0 Å². The molecule has 0 rings (SSSR count). The molecule has 0 aromatic rings. The minimum atomic E-state index is -6.07. The predicted molar refractivity (Wildman–Crippen MR) is 85.4 cm³/mol. The summed E-state index contributed by atoms with van der Waals surface area (Å²) in [5, 5.41) is -8.04. The van der Waals surface area contributed by atoms with Crippen molar-refractivity contribution in [2.24, 2.45) is 0 Å². The minimum Gasteiger partial charge on any atom is -0.322 e. The van der Waals surface area contributed by atoms with Crippen molar-refractivity contribution in [2.45, 2.75) is 30.9 Å². The minimum absolute atomic E-state index is 0.0137. The maximum Gasteiger partial charge on any atom is 0.399 e. The number of hydrogen-bond donors (Lipinski definition) is 8.